The smallest absolute Gasteiger partial charge is 0.232 e. The number of morpholine rings is 1. The summed E-state index contributed by atoms with van der Waals surface area (Å²) in [4.78, 5) is 29.7. The molecule has 54 heavy (non-hydrogen) atoms. The van der Waals surface area contributed by atoms with Crippen LogP contribution in [0.1, 0.15) is 31.4 Å². The molecule has 6 heterocycles. The van der Waals surface area contributed by atoms with Crippen molar-refractivity contribution in [3.63, 3.8) is 0 Å². The van der Waals surface area contributed by atoms with Crippen LogP contribution < -0.4 is 29.5 Å². The van der Waals surface area contributed by atoms with Gasteiger partial charge >= 0.3 is 0 Å². The number of rotatable bonds is 14. The number of sulfonamides is 1. The molecule has 1 saturated carbocycles. The fraction of sp³-hybridized carbons (Fsp3) is 0.571. The van der Waals surface area contributed by atoms with E-state index in [-0.39, 0.29) is 24.6 Å². The van der Waals surface area contributed by atoms with Gasteiger partial charge in [0.1, 0.15) is 18.5 Å². The summed E-state index contributed by atoms with van der Waals surface area (Å²) in [7, 11) is 0.0853. The normalized spacial score (nSPS) is 20.2. The molecule has 0 bridgehead atoms. The zero-order valence-electron chi connectivity index (χ0n) is 31.1. The zero-order valence-corrected chi connectivity index (χ0v) is 31.9. The van der Waals surface area contributed by atoms with Gasteiger partial charge in [-0.1, -0.05) is 0 Å². The molecule has 0 radical (unpaired) electrons. The van der Waals surface area contributed by atoms with E-state index in [9.17, 15) is 13.6 Å². The van der Waals surface area contributed by atoms with Crippen LogP contribution in [0.4, 0.5) is 23.4 Å². The van der Waals surface area contributed by atoms with Crippen molar-refractivity contribution in [1.29, 1.82) is 0 Å². The molecule has 0 unspecified atom stereocenters. The van der Waals surface area contributed by atoms with Gasteiger partial charge in [-0.15, -0.1) is 0 Å². The Balaban J connectivity index is 1.02. The number of aromatic nitrogens is 6. The highest BCUT2D eigenvalue weighted by Gasteiger charge is 2.27. The van der Waals surface area contributed by atoms with Crippen LogP contribution >= 0.6 is 0 Å². The topological polar surface area (TPSA) is 188 Å². The van der Waals surface area contributed by atoms with E-state index < -0.39 is 10.0 Å². The first-order chi connectivity index (χ1) is 26.1. The van der Waals surface area contributed by atoms with Gasteiger partial charge in [0.15, 0.2) is 5.75 Å². The second-order valence-electron chi connectivity index (χ2n) is 14.1. The molecular weight excluding hydrogens is 717 g/mol. The van der Waals surface area contributed by atoms with Crippen molar-refractivity contribution in [2.75, 3.05) is 98.9 Å². The summed E-state index contributed by atoms with van der Waals surface area (Å²) in [5, 5.41) is 13.5. The number of nitrogens with one attached hydrogen (secondary N) is 2. The molecule has 3 aliphatic rings. The Labute approximate surface area is 315 Å². The highest BCUT2D eigenvalue weighted by Crippen LogP contribution is 2.34. The summed E-state index contributed by atoms with van der Waals surface area (Å²) in [5.41, 5.74) is 3.58. The molecule has 7 rings (SSSR count). The highest BCUT2D eigenvalue weighted by atomic mass is 32.2. The van der Waals surface area contributed by atoms with Crippen LogP contribution in [0.3, 0.4) is 0 Å². The minimum Gasteiger partial charge on any atom is -0.489 e. The Bertz CT molecular complexity index is 1960. The molecule has 0 atom stereocenters. The van der Waals surface area contributed by atoms with E-state index in [4.69, 9.17) is 24.2 Å². The number of imidazole rings is 1. The fourth-order valence-corrected chi connectivity index (χ4v) is 7.84. The number of fused-ring (bicyclic) bond motifs is 1. The molecule has 18 nitrogen and oxygen atoms in total. The second-order valence-corrected chi connectivity index (χ2v) is 16.0. The lowest BCUT2D eigenvalue weighted by Crippen LogP contribution is -2.45. The Morgan fingerprint density at radius 2 is 1.69 bits per heavy atom. The first kappa shape index (κ1) is 37.7. The van der Waals surface area contributed by atoms with Gasteiger partial charge in [0.25, 0.3) is 0 Å². The molecule has 2 saturated heterocycles. The minimum absolute atomic E-state index is 0.0277. The first-order valence-electron chi connectivity index (χ1n) is 18.4. The molecule has 0 aromatic carbocycles. The van der Waals surface area contributed by atoms with E-state index in [1.54, 1.807) is 36.3 Å². The Morgan fingerprint density at radius 1 is 0.944 bits per heavy atom. The van der Waals surface area contributed by atoms with Crippen molar-refractivity contribution in [2.24, 2.45) is 7.05 Å². The lowest BCUT2D eigenvalue weighted by molar-refractivity contribution is 0.122. The standard InChI is InChI=1S/C35H50N12O6S/c1-43-8-10-45(11-9-43)12-17-52-29-22-37-34(38-23-29)40-25-4-6-28(7-5-25)53-33-30-18-26(20-36-31(30)19-32(41-33)46-13-15-51-16-14-46)47(54(3,49)50)24-27-21-39-35(42-48)44(27)2/h18-23,25,28,48H,4-17,24H2,1-3H3,(H,39,42)(H,37,38,40)/t25-,28+. The summed E-state index contributed by atoms with van der Waals surface area (Å²) in [6.45, 7) is 8.32. The van der Waals surface area contributed by atoms with Gasteiger partial charge in [-0.2, -0.15) is 4.98 Å². The van der Waals surface area contributed by atoms with E-state index in [1.165, 1.54) is 10.5 Å². The maximum Gasteiger partial charge on any atom is 0.232 e. The lowest BCUT2D eigenvalue weighted by atomic mass is 9.93. The molecule has 1 aliphatic carbocycles. The quantitative estimate of drug-likeness (QED) is 0.158. The molecule has 0 amide bonds. The van der Waals surface area contributed by atoms with Gasteiger partial charge in [-0.05, 0) is 38.8 Å². The van der Waals surface area contributed by atoms with Crippen molar-refractivity contribution in [1.82, 2.24) is 39.3 Å². The second kappa shape index (κ2) is 16.8. The average molecular weight is 767 g/mol. The Morgan fingerprint density at radius 3 is 2.37 bits per heavy atom. The molecule has 2 aliphatic heterocycles. The summed E-state index contributed by atoms with van der Waals surface area (Å²) >= 11 is 0. The van der Waals surface area contributed by atoms with Crippen LogP contribution in [0.25, 0.3) is 10.9 Å². The molecular formula is C35H50N12O6S. The maximum absolute atomic E-state index is 13.1. The third-order valence-corrected chi connectivity index (χ3v) is 11.5. The van der Waals surface area contributed by atoms with Crippen molar-refractivity contribution in [2.45, 2.75) is 44.4 Å². The van der Waals surface area contributed by atoms with Crippen molar-refractivity contribution in [3.8, 4) is 11.6 Å². The molecule has 0 spiro atoms. The number of ether oxygens (including phenoxy) is 3. The third kappa shape index (κ3) is 9.20. The fourth-order valence-electron chi connectivity index (χ4n) is 6.99. The molecule has 3 N–H and O–H groups in total. The predicted octanol–water partition coefficient (Wildman–Crippen LogP) is 2.19. The summed E-state index contributed by atoms with van der Waals surface area (Å²) in [5.74, 6) is 2.57. The number of hydrogen-bond donors (Lipinski definition) is 3. The van der Waals surface area contributed by atoms with Crippen molar-refractivity contribution >= 4 is 44.3 Å². The minimum atomic E-state index is -3.75. The summed E-state index contributed by atoms with van der Waals surface area (Å²) in [6, 6.07) is 3.86. The number of hydrogen-bond acceptors (Lipinski definition) is 16. The Hall–Kier alpha value is -4.56. The van der Waals surface area contributed by atoms with Crippen LogP contribution in [0.15, 0.2) is 36.9 Å². The lowest BCUT2D eigenvalue weighted by Gasteiger charge is -2.32. The molecule has 19 heteroatoms. The molecule has 3 fully saturated rings. The predicted molar refractivity (Wildman–Crippen MR) is 204 cm³/mol. The molecule has 4 aromatic heterocycles. The van der Waals surface area contributed by atoms with Gasteiger partial charge in [0.2, 0.25) is 27.8 Å². The van der Waals surface area contributed by atoms with E-state index in [0.717, 1.165) is 70.5 Å². The number of anilines is 4. The van der Waals surface area contributed by atoms with Crippen LogP contribution in [-0.4, -0.2) is 144 Å². The van der Waals surface area contributed by atoms with Gasteiger partial charge in [0.05, 0.1) is 73.1 Å². The first-order valence-corrected chi connectivity index (χ1v) is 20.3. The number of likely N-dealkylation sites (N-methyl/N-ethyl adjacent to an activating group) is 1. The summed E-state index contributed by atoms with van der Waals surface area (Å²) in [6.07, 6.45) is 10.8. The summed E-state index contributed by atoms with van der Waals surface area (Å²) < 4.78 is 47.2. The number of nitrogens with zero attached hydrogens (tertiary/aromatic N) is 10. The van der Waals surface area contributed by atoms with E-state index in [1.807, 2.05) is 11.5 Å². The van der Waals surface area contributed by atoms with Gasteiger partial charge in [-0.25, -0.2) is 28.8 Å². The largest absolute Gasteiger partial charge is 0.489 e. The maximum atomic E-state index is 13.1. The van der Waals surface area contributed by atoms with Crippen LogP contribution in [0, 0.1) is 0 Å². The van der Waals surface area contributed by atoms with Gasteiger partial charge in [0, 0.05) is 65.0 Å². The Kier molecular flexibility index (Phi) is 11.8. The van der Waals surface area contributed by atoms with Crippen molar-refractivity contribution < 1.29 is 27.8 Å². The number of pyridine rings is 2. The average Bonchev–Trinajstić information content (AvgIpc) is 3.54. The zero-order chi connectivity index (χ0) is 37.7. The molecule has 4 aromatic rings. The number of piperazine rings is 1. The third-order valence-electron chi connectivity index (χ3n) is 10.3. The van der Waals surface area contributed by atoms with E-state index in [2.05, 4.69) is 42.0 Å². The van der Waals surface area contributed by atoms with E-state index >= 15 is 0 Å². The van der Waals surface area contributed by atoms with Gasteiger partial charge in [-0.3, -0.25) is 19.4 Å². The monoisotopic (exact) mass is 766 g/mol. The molecule has 292 valence electrons. The van der Waals surface area contributed by atoms with Crippen LogP contribution in [0.2, 0.25) is 0 Å². The van der Waals surface area contributed by atoms with Crippen molar-refractivity contribution in [3.05, 3.63) is 42.6 Å². The highest BCUT2D eigenvalue weighted by molar-refractivity contribution is 7.92. The van der Waals surface area contributed by atoms with E-state index in [0.29, 0.717) is 72.8 Å². The van der Waals surface area contributed by atoms with Crippen LogP contribution in [0.5, 0.6) is 11.6 Å². The van der Waals surface area contributed by atoms with Crippen LogP contribution in [-0.2, 0) is 28.4 Å². The SMILES string of the molecule is CN1CCN(CCOc2cnc(N[C@H]3CC[C@@H](Oc4nc(N5CCOCC5)cc5ncc(N(Cc6cnc(NO)n6C)S(C)(=O)=O)cc45)CC3)nc2)CC1. The van der Waals surface area contributed by atoms with Gasteiger partial charge < -0.3 is 33.9 Å².